The zero-order chi connectivity index (χ0) is 25.4. The molecule has 10 heteroatoms. The number of ether oxygens (including phenoxy) is 1. The highest BCUT2D eigenvalue weighted by molar-refractivity contribution is 9.10. The summed E-state index contributed by atoms with van der Waals surface area (Å²) in [5, 5.41) is 9.44. The van der Waals surface area contributed by atoms with Crippen molar-refractivity contribution in [1.29, 1.82) is 0 Å². The van der Waals surface area contributed by atoms with Gasteiger partial charge in [-0.2, -0.15) is 0 Å². The number of aromatic nitrogens is 2. The van der Waals surface area contributed by atoms with E-state index in [0.717, 1.165) is 28.9 Å². The van der Waals surface area contributed by atoms with E-state index in [1.165, 1.54) is 12.4 Å². The lowest BCUT2D eigenvalue weighted by atomic mass is 10.2. The van der Waals surface area contributed by atoms with Gasteiger partial charge in [0.1, 0.15) is 23.7 Å². The molecule has 0 radical (unpaired) electrons. The summed E-state index contributed by atoms with van der Waals surface area (Å²) in [4.78, 5) is 24.9. The Balaban J connectivity index is 1.91. The Morgan fingerprint density at radius 3 is 2.46 bits per heavy atom. The van der Waals surface area contributed by atoms with E-state index in [9.17, 15) is 4.79 Å². The van der Waals surface area contributed by atoms with Crippen molar-refractivity contribution in [3.05, 3.63) is 65.9 Å². The highest BCUT2D eigenvalue weighted by Crippen LogP contribution is 2.38. The molecule has 0 aliphatic heterocycles. The van der Waals surface area contributed by atoms with Crippen LogP contribution >= 0.6 is 15.9 Å². The Morgan fingerprint density at radius 2 is 1.80 bits per heavy atom. The Morgan fingerprint density at radius 1 is 1.06 bits per heavy atom. The molecule has 1 aromatic heterocycles. The number of rotatable bonds is 11. The molecule has 0 unspecified atom stereocenters. The summed E-state index contributed by atoms with van der Waals surface area (Å²) in [6.07, 6.45) is 2.71. The first kappa shape index (κ1) is 26.0. The molecule has 0 fully saturated rings. The number of methoxy groups -OCH3 is 1. The molecule has 0 aliphatic carbocycles. The molecule has 0 spiro atoms. The predicted octanol–water partition coefficient (Wildman–Crippen LogP) is 4.86. The van der Waals surface area contributed by atoms with E-state index < -0.39 is 0 Å². The minimum atomic E-state index is -0.300. The molecule has 3 N–H and O–H groups in total. The van der Waals surface area contributed by atoms with Crippen LogP contribution in [0, 0.1) is 0 Å². The molecule has 3 aromatic rings. The molecule has 35 heavy (non-hydrogen) atoms. The third-order valence-corrected chi connectivity index (χ3v) is 5.58. The minimum absolute atomic E-state index is 0.300. The standard InChI is InChI=1S/C25H30BrN7O2/c1-6-25(34)31-19-13-20(22(35-5)14-21(19)33(4)11-10-32(2)3)30-24-15-23(27-16-28-24)29-18-9-7-8-17(26)12-18/h6-9,12-16H,1,10-11H2,2-5H3,(H,31,34)(H2,27,28,29,30). The zero-order valence-electron chi connectivity index (χ0n) is 20.3. The Bertz CT molecular complexity index is 1190. The van der Waals surface area contributed by atoms with Crippen LogP contribution < -0.4 is 25.6 Å². The van der Waals surface area contributed by atoms with Crippen LogP contribution in [-0.4, -0.2) is 62.1 Å². The van der Waals surface area contributed by atoms with Gasteiger partial charge in [0, 0.05) is 42.4 Å². The van der Waals surface area contributed by atoms with Gasteiger partial charge in [-0.1, -0.05) is 28.6 Å². The summed E-state index contributed by atoms with van der Waals surface area (Å²) in [5.41, 5.74) is 2.98. The van der Waals surface area contributed by atoms with E-state index in [4.69, 9.17) is 4.74 Å². The van der Waals surface area contributed by atoms with Gasteiger partial charge in [-0.25, -0.2) is 9.97 Å². The summed E-state index contributed by atoms with van der Waals surface area (Å²) < 4.78 is 6.63. The summed E-state index contributed by atoms with van der Waals surface area (Å²) in [5.74, 6) is 1.49. The van der Waals surface area contributed by atoms with Crippen LogP contribution in [0.2, 0.25) is 0 Å². The van der Waals surface area contributed by atoms with Gasteiger partial charge in [-0.05, 0) is 44.4 Å². The number of halogens is 1. The third-order valence-electron chi connectivity index (χ3n) is 5.08. The van der Waals surface area contributed by atoms with Crippen LogP contribution in [0.15, 0.2) is 65.9 Å². The first-order valence-corrected chi connectivity index (χ1v) is 11.7. The molecule has 0 saturated heterocycles. The van der Waals surface area contributed by atoms with Crippen LogP contribution in [0.4, 0.5) is 34.4 Å². The van der Waals surface area contributed by atoms with Gasteiger partial charge in [0.15, 0.2) is 0 Å². The van der Waals surface area contributed by atoms with Crippen molar-refractivity contribution in [2.45, 2.75) is 0 Å². The number of likely N-dealkylation sites (N-methyl/N-ethyl adjacent to an activating group) is 2. The lowest BCUT2D eigenvalue weighted by molar-refractivity contribution is -0.111. The van der Waals surface area contributed by atoms with Crippen molar-refractivity contribution in [2.75, 3.05) is 62.2 Å². The number of benzene rings is 2. The Labute approximate surface area is 214 Å². The fourth-order valence-corrected chi connectivity index (χ4v) is 3.65. The van der Waals surface area contributed by atoms with E-state index >= 15 is 0 Å². The average molecular weight is 540 g/mol. The first-order chi connectivity index (χ1) is 16.8. The summed E-state index contributed by atoms with van der Waals surface area (Å²) >= 11 is 3.47. The zero-order valence-corrected chi connectivity index (χ0v) is 21.9. The van der Waals surface area contributed by atoms with Crippen molar-refractivity contribution in [3.63, 3.8) is 0 Å². The van der Waals surface area contributed by atoms with Crippen molar-refractivity contribution in [1.82, 2.24) is 14.9 Å². The number of carbonyl (C=O) groups is 1. The highest BCUT2D eigenvalue weighted by Gasteiger charge is 2.16. The smallest absolute Gasteiger partial charge is 0.247 e. The lowest BCUT2D eigenvalue weighted by Crippen LogP contribution is -2.29. The Kier molecular flexibility index (Phi) is 9.04. The fraction of sp³-hybridized carbons (Fsp3) is 0.240. The molecule has 0 aliphatic rings. The SMILES string of the molecule is C=CC(=O)Nc1cc(Nc2cc(Nc3cccc(Br)c3)ncn2)c(OC)cc1N(C)CCN(C)C. The molecule has 0 bridgehead atoms. The topological polar surface area (TPSA) is 94.7 Å². The maximum absolute atomic E-state index is 12.1. The van der Waals surface area contributed by atoms with Gasteiger partial charge in [0.05, 0.1) is 24.2 Å². The van der Waals surface area contributed by atoms with E-state index in [-0.39, 0.29) is 5.91 Å². The molecule has 9 nitrogen and oxygen atoms in total. The number of anilines is 6. The second-order valence-corrected chi connectivity index (χ2v) is 8.95. The highest BCUT2D eigenvalue weighted by atomic mass is 79.9. The number of nitrogens with zero attached hydrogens (tertiary/aromatic N) is 4. The molecular weight excluding hydrogens is 510 g/mol. The largest absolute Gasteiger partial charge is 0.494 e. The van der Waals surface area contributed by atoms with Crippen LogP contribution in [0.3, 0.4) is 0 Å². The average Bonchev–Trinajstić information content (AvgIpc) is 2.83. The van der Waals surface area contributed by atoms with Gasteiger partial charge in [0.2, 0.25) is 5.91 Å². The van der Waals surface area contributed by atoms with Gasteiger partial charge >= 0.3 is 0 Å². The minimum Gasteiger partial charge on any atom is -0.494 e. The normalized spacial score (nSPS) is 10.6. The molecule has 184 valence electrons. The summed E-state index contributed by atoms with van der Waals surface area (Å²) in [7, 11) is 7.61. The maximum Gasteiger partial charge on any atom is 0.247 e. The van der Waals surface area contributed by atoms with Crippen molar-refractivity contribution in [3.8, 4) is 5.75 Å². The van der Waals surface area contributed by atoms with Crippen molar-refractivity contribution in [2.24, 2.45) is 0 Å². The molecule has 0 saturated carbocycles. The van der Waals surface area contributed by atoms with Gasteiger partial charge in [-0.3, -0.25) is 4.79 Å². The molecule has 2 aromatic carbocycles. The number of nitrogens with one attached hydrogen (secondary N) is 3. The van der Waals surface area contributed by atoms with Crippen LogP contribution in [0.25, 0.3) is 0 Å². The van der Waals surface area contributed by atoms with E-state index in [1.807, 2.05) is 57.5 Å². The molecule has 0 atom stereocenters. The second-order valence-electron chi connectivity index (χ2n) is 8.04. The molecule has 1 heterocycles. The van der Waals surface area contributed by atoms with Crippen LogP contribution in [0.5, 0.6) is 5.75 Å². The predicted molar refractivity (Wildman–Crippen MR) is 146 cm³/mol. The third kappa shape index (κ3) is 7.43. The van der Waals surface area contributed by atoms with Crippen LogP contribution in [0.1, 0.15) is 0 Å². The monoisotopic (exact) mass is 539 g/mol. The summed E-state index contributed by atoms with van der Waals surface area (Å²) in [6.45, 7) is 5.17. The number of hydrogen-bond acceptors (Lipinski definition) is 8. The fourth-order valence-electron chi connectivity index (χ4n) is 3.25. The Hall–Kier alpha value is -3.63. The molecular formula is C25H30BrN7O2. The van der Waals surface area contributed by atoms with Crippen molar-refractivity contribution >= 4 is 56.2 Å². The summed E-state index contributed by atoms with van der Waals surface area (Å²) in [6, 6.07) is 13.3. The second kappa shape index (κ2) is 12.2. The quantitative estimate of drug-likeness (QED) is 0.297. The lowest BCUT2D eigenvalue weighted by Gasteiger charge is -2.26. The van der Waals surface area contributed by atoms with Gasteiger partial charge < -0.3 is 30.5 Å². The van der Waals surface area contributed by atoms with Gasteiger partial charge in [0.25, 0.3) is 0 Å². The number of hydrogen-bond donors (Lipinski definition) is 3. The molecule has 3 rings (SSSR count). The van der Waals surface area contributed by atoms with Crippen LogP contribution in [-0.2, 0) is 4.79 Å². The van der Waals surface area contributed by atoms with Crippen molar-refractivity contribution < 1.29 is 9.53 Å². The number of carbonyl (C=O) groups excluding carboxylic acids is 1. The maximum atomic E-state index is 12.1. The van der Waals surface area contributed by atoms with E-state index in [0.29, 0.717) is 28.8 Å². The first-order valence-electron chi connectivity index (χ1n) is 10.9. The number of amides is 1. The van der Waals surface area contributed by atoms with E-state index in [2.05, 4.69) is 58.2 Å². The molecule has 1 amide bonds. The van der Waals surface area contributed by atoms with Gasteiger partial charge in [-0.15, -0.1) is 0 Å². The van der Waals surface area contributed by atoms with E-state index in [1.54, 1.807) is 13.2 Å².